The number of nitrogens with zero attached hydrogens (tertiary/aromatic N) is 2. The van der Waals surface area contributed by atoms with Crippen LogP contribution in [0, 0.1) is 0 Å². The summed E-state index contributed by atoms with van der Waals surface area (Å²) < 4.78 is 10.9. The minimum Gasteiger partial charge on any atom is -0.497 e. The second-order valence-corrected chi connectivity index (χ2v) is 6.93. The molecule has 2 rings (SSSR count). The van der Waals surface area contributed by atoms with Gasteiger partial charge in [0.05, 0.1) is 20.3 Å². The Kier molecular flexibility index (Phi) is 7.57. The number of benzene rings is 1. The first-order valence-corrected chi connectivity index (χ1v) is 9.48. The largest absolute Gasteiger partial charge is 0.497 e. The Morgan fingerprint density at radius 2 is 2.15 bits per heavy atom. The first-order valence-electron chi connectivity index (χ1n) is 9.48. The lowest BCUT2D eigenvalue weighted by atomic mass is 10.0. The number of likely N-dealkylation sites (tertiary alicyclic amines) is 1. The molecule has 6 nitrogen and oxygen atoms in total. The number of hydrogen-bond donors (Lipinski definition) is 1. The summed E-state index contributed by atoms with van der Waals surface area (Å²) in [5, 5.41) is 3.07. The van der Waals surface area contributed by atoms with Crippen molar-refractivity contribution >= 4 is 6.03 Å². The molecular formula is C20H33N3O3. The summed E-state index contributed by atoms with van der Waals surface area (Å²) in [6, 6.07) is 6.30. The van der Waals surface area contributed by atoms with E-state index in [0.717, 1.165) is 49.4 Å². The van der Waals surface area contributed by atoms with Crippen LogP contribution in [0.15, 0.2) is 18.2 Å². The molecule has 1 aliphatic heterocycles. The molecule has 2 atom stereocenters. The number of carbonyl (C=O) groups is 1. The molecule has 1 N–H and O–H groups in total. The third-order valence-corrected chi connectivity index (χ3v) is 5.39. The number of likely N-dealkylation sites (N-methyl/N-ethyl adjacent to an activating group) is 1. The van der Waals surface area contributed by atoms with Gasteiger partial charge in [-0.1, -0.05) is 6.92 Å². The Morgan fingerprint density at radius 3 is 2.81 bits per heavy atom. The average Bonchev–Trinajstić information content (AvgIpc) is 3.16. The second-order valence-electron chi connectivity index (χ2n) is 6.93. The molecule has 1 aliphatic rings. The molecule has 0 spiro atoms. The highest BCUT2D eigenvalue weighted by Gasteiger charge is 2.32. The predicted octanol–water partition coefficient (Wildman–Crippen LogP) is 3.28. The minimum atomic E-state index is -0.00470. The van der Waals surface area contributed by atoms with Gasteiger partial charge < -0.3 is 24.6 Å². The van der Waals surface area contributed by atoms with Crippen LogP contribution in [0.25, 0.3) is 0 Å². The number of amides is 2. The van der Waals surface area contributed by atoms with E-state index >= 15 is 0 Å². The summed E-state index contributed by atoms with van der Waals surface area (Å²) in [5.74, 6) is 1.58. The van der Waals surface area contributed by atoms with Crippen LogP contribution >= 0.6 is 0 Å². The fourth-order valence-corrected chi connectivity index (χ4v) is 3.41. The van der Waals surface area contributed by atoms with E-state index in [-0.39, 0.29) is 12.1 Å². The van der Waals surface area contributed by atoms with Crippen LogP contribution in [0.2, 0.25) is 0 Å². The smallest absolute Gasteiger partial charge is 0.317 e. The predicted molar refractivity (Wildman–Crippen MR) is 104 cm³/mol. The number of urea groups is 1. The van der Waals surface area contributed by atoms with Gasteiger partial charge in [0, 0.05) is 31.2 Å². The summed E-state index contributed by atoms with van der Waals surface area (Å²) in [6.45, 7) is 6.64. The zero-order valence-electron chi connectivity index (χ0n) is 16.7. The van der Waals surface area contributed by atoms with Crippen molar-refractivity contribution in [2.75, 3.05) is 40.9 Å². The molecule has 0 saturated carbocycles. The normalized spacial score (nSPS) is 18.1. The maximum absolute atomic E-state index is 12.7. The Balaban J connectivity index is 2.02. The molecule has 0 radical (unpaired) electrons. The van der Waals surface area contributed by atoms with E-state index in [4.69, 9.17) is 9.47 Å². The standard InChI is InChI=1S/C20H33N3O3/c1-6-15(2)22(3)13-11-21-20(24)23-12-7-8-18(23)17-14-16(25-4)9-10-19(17)26-5/h9-10,14-15,18H,6-8,11-13H2,1-5H3,(H,21,24). The van der Waals surface area contributed by atoms with E-state index in [9.17, 15) is 4.79 Å². The number of methoxy groups -OCH3 is 2. The molecule has 6 heteroatoms. The SMILES string of the molecule is CCC(C)N(C)CCNC(=O)N1CCCC1c1cc(OC)ccc1OC. The number of nitrogens with one attached hydrogen (secondary N) is 1. The molecule has 0 aromatic heterocycles. The molecule has 2 unspecified atom stereocenters. The van der Waals surface area contributed by atoms with Crippen molar-refractivity contribution < 1.29 is 14.3 Å². The van der Waals surface area contributed by atoms with E-state index < -0.39 is 0 Å². The average molecular weight is 364 g/mol. The summed E-state index contributed by atoms with van der Waals surface area (Å²) >= 11 is 0. The lowest BCUT2D eigenvalue weighted by molar-refractivity contribution is 0.188. The zero-order chi connectivity index (χ0) is 19.1. The highest BCUT2D eigenvalue weighted by molar-refractivity contribution is 5.75. The van der Waals surface area contributed by atoms with Crippen molar-refractivity contribution in [3.8, 4) is 11.5 Å². The highest BCUT2D eigenvalue weighted by Crippen LogP contribution is 2.38. The van der Waals surface area contributed by atoms with Crippen LogP contribution in [0.1, 0.15) is 44.7 Å². The third kappa shape index (κ3) is 4.81. The van der Waals surface area contributed by atoms with Crippen LogP contribution in [0.5, 0.6) is 11.5 Å². The highest BCUT2D eigenvalue weighted by atomic mass is 16.5. The molecule has 0 aliphatic carbocycles. The summed E-state index contributed by atoms with van der Waals surface area (Å²) in [7, 11) is 5.41. The van der Waals surface area contributed by atoms with E-state index in [1.165, 1.54) is 0 Å². The van der Waals surface area contributed by atoms with Crippen molar-refractivity contribution in [2.24, 2.45) is 0 Å². The molecule has 1 saturated heterocycles. The number of rotatable bonds is 8. The topological polar surface area (TPSA) is 54.0 Å². The molecule has 0 bridgehead atoms. The van der Waals surface area contributed by atoms with E-state index in [2.05, 4.69) is 31.1 Å². The van der Waals surface area contributed by atoms with Crippen molar-refractivity contribution in [3.63, 3.8) is 0 Å². The fraction of sp³-hybridized carbons (Fsp3) is 0.650. The second kappa shape index (κ2) is 9.67. The van der Waals surface area contributed by atoms with Gasteiger partial charge in [0.15, 0.2) is 0 Å². The van der Waals surface area contributed by atoms with Crippen molar-refractivity contribution in [1.29, 1.82) is 0 Å². The molecule has 1 fully saturated rings. The fourth-order valence-electron chi connectivity index (χ4n) is 3.41. The number of ether oxygens (including phenoxy) is 2. The quantitative estimate of drug-likeness (QED) is 0.770. The summed E-state index contributed by atoms with van der Waals surface area (Å²) in [6.07, 6.45) is 3.03. The molecule has 1 heterocycles. The summed E-state index contributed by atoms with van der Waals surface area (Å²) in [4.78, 5) is 16.9. The Morgan fingerprint density at radius 1 is 1.38 bits per heavy atom. The van der Waals surface area contributed by atoms with Gasteiger partial charge in [-0.15, -0.1) is 0 Å². The van der Waals surface area contributed by atoms with Crippen molar-refractivity contribution in [2.45, 2.75) is 45.2 Å². The molecule has 1 aromatic rings. The first-order chi connectivity index (χ1) is 12.5. The van der Waals surface area contributed by atoms with Crippen molar-refractivity contribution in [3.05, 3.63) is 23.8 Å². The Labute approximate surface area is 157 Å². The minimum absolute atomic E-state index is 0.00470. The van der Waals surface area contributed by atoms with E-state index in [0.29, 0.717) is 12.6 Å². The first kappa shape index (κ1) is 20.4. The number of carbonyl (C=O) groups excluding carboxylic acids is 1. The lowest BCUT2D eigenvalue weighted by Crippen LogP contribution is -2.43. The molecule has 26 heavy (non-hydrogen) atoms. The third-order valence-electron chi connectivity index (χ3n) is 5.39. The van der Waals surface area contributed by atoms with Crippen molar-refractivity contribution in [1.82, 2.24) is 15.1 Å². The molecule has 146 valence electrons. The van der Waals surface area contributed by atoms with Gasteiger partial charge in [0.1, 0.15) is 11.5 Å². The zero-order valence-corrected chi connectivity index (χ0v) is 16.7. The Bertz CT molecular complexity index is 594. The van der Waals surface area contributed by atoms with Gasteiger partial charge in [-0.3, -0.25) is 0 Å². The van der Waals surface area contributed by atoms with Crippen LogP contribution in [0.3, 0.4) is 0 Å². The van der Waals surface area contributed by atoms with Crippen LogP contribution in [-0.2, 0) is 0 Å². The van der Waals surface area contributed by atoms with Crippen LogP contribution in [-0.4, -0.2) is 62.8 Å². The van der Waals surface area contributed by atoms with E-state index in [1.807, 2.05) is 23.1 Å². The molecule has 1 aromatic carbocycles. The summed E-state index contributed by atoms with van der Waals surface area (Å²) in [5.41, 5.74) is 1.01. The van der Waals surface area contributed by atoms with Gasteiger partial charge >= 0.3 is 6.03 Å². The van der Waals surface area contributed by atoms with Gasteiger partial charge in [-0.05, 0) is 51.4 Å². The lowest BCUT2D eigenvalue weighted by Gasteiger charge is -2.28. The molecular weight excluding hydrogens is 330 g/mol. The van der Waals surface area contributed by atoms with Gasteiger partial charge in [-0.25, -0.2) is 4.79 Å². The monoisotopic (exact) mass is 363 g/mol. The van der Waals surface area contributed by atoms with E-state index in [1.54, 1.807) is 14.2 Å². The van der Waals surface area contributed by atoms with Crippen LogP contribution < -0.4 is 14.8 Å². The van der Waals surface area contributed by atoms with Gasteiger partial charge in [-0.2, -0.15) is 0 Å². The maximum Gasteiger partial charge on any atom is 0.317 e. The molecule has 2 amide bonds. The number of hydrogen-bond acceptors (Lipinski definition) is 4. The van der Waals surface area contributed by atoms with Gasteiger partial charge in [0.25, 0.3) is 0 Å². The Hall–Kier alpha value is -1.95. The van der Waals surface area contributed by atoms with Crippen LogP contribution in [0.4, 0.5) is 4.79 Å². The van der Waals surface area contributed by atoms with Gasteiger partial charge in [0.2, 0.25) is 0 Å². The maximum atomic E-state index is 12.7.